The number of thioether (sulfide) groups is 1. The van der Waals surface area contributed by atoms with Crippen molar-refractivity contribution in [3.05, 3.63) is 12.2 Å². The Hall–Kier alpha value is 0.0500. The summed E-state index contributed by atoms with van der Waals surface area (Å²) in [4.78, 5) is 0. The van der Waals surface area contributed by atoms with Crippen LogP contribution in [0.2, 0.25) is 0 Å². The number of allylic oxidation sites excluding steroid dienone is 2. The fraction of sp³-hybridized carbons (Fsp3) is 0.917. The van der Waals surface area contributed by atoms with Crippen LogP contribution in [-0.2, 0) is 0 Å². The summed E-state index contributed by atoms with van der Waals surface area (Å²) in [7, 11) is 0. The first-order valence-electron chi connectivity index (χ1n) is 11.9. The lowest BCUT2D eigenvalue weighted by Crippen LogP contribution is -2.48. The van der Waals surface area contributed by atoms with Crippen LogP contribution in [0.4, 0.5) is 0 Å². The van der Waals surface area contributed by atoms with Gasteiger partial charge in [-0.3, -0.25) is 0 Å². The second kappa shape index (κ2) is 7.82. The van der Waals surface area contributed by atoms with E-state index in [-0.39, 0.29) is 0 Å². The monoisotopic (exact) mass is 373 g/mol. The zero-order chi connectivity index (χ0) is 17.5. The van der Waals surface area contributed by atoms with Crippen LogP contribution in [0, 0.1) is 35.5 Å². The topological polar surface area (TPSA) is 26.0 Å². The van der Waals surface area contributed by atoms with E-state index >= 15 is 0 Å². The van der Waals surface area contributed by atoms with Crippen LogP contribution < -0.4 is 5.73 Å². The van der Waals surface area contributed by atoms with Gasteiger partial charge in [0.15, 0.2) is 0 Å². The van der Waals surface area contributed by atoms with E-state index in [4.69, 9.17) is 5.73 Å². The van der Waals surface area contributed by atoms with Gasteiger partial charge in [-0.05, 0) is 54.8 Å². The summed E-state index contributed by atoms with van der Waals surface area (Å²) < 4.78 is 0. The van der Waals surface area contributed by atoms with Crippen LogP contribution >= 0.6 is 11.8 Å². The van der Waals surface area contributed by atoms with Gasteiger partial charge in [-0.15, -0.1) is 0 Å². The highest BCUT2D eigenvalue weighted by Crippen LogP contribution is 2.59. The zero-order valence-corrected chi connectivity index (χ0v) is 17.3. The molecule has 0 spiro atoms. The molecule has 5 aliphatic rings. The lowest BCUT2D eigenvalue weighted by Gasteiger charge is -2.44. The molecule has 1 aliphatic heterocycles. The minimum absolute atomic E-state index is 0.490. The Morgan fingerprint density at radius 1 is 0.692 bits per heavy atom. The predicted molar refractivity (Wildman–Crippen MR) is 113 cm³/mol. The van der Waals surface area contributed by atoms with E-state index in [1.54, 1.807) is 0 Å². The molecule has 7 unspecified atom stereocenters. The number of rotatable bonds is 2. The second-order valence-electron chi connectivity index (χ2n) is 10.2. The summed E-state index contributed by atoms with van der Waals surface area (Å²) in [5.74, 6) is 5.59. The number of hydrogen-bond acceptors (Lipinski definition) is 2. The molecule has 0 aromatic heterocycles. The third kappa shape index (κ3) is 3.21. The third-order valence-electron chi connectivity index (χ3n) is 8.96. The van der Waals surface area contributed by atoms with E-state index in [1.807, 2.05) is 0 Å². The average Bonchev–Trinajstić information content (AvgIpc) is 3.07. The standard InChI is InChI=1S/C24H39NS/c25-21-15-14-20-19-13-7-12-18(16-8-3-1-4-9-16)23(19)26-24(20)22(21)17-10-5-2-6-11-17/h7,13,16-24H,1-6,8-12,14-15,25H2. The minimum Gasteiger partial charge on any atom is -0.327 e. The molecule has 0 aromatic rings. The maximum Gasteiger partial charge on any atom is 0.0150 e. The summed E-state index contributed by atoms with van der Waals surface area (Å²) >= 11 is 2.45. The fourth-order valence-corrected chi connectivity index (χ4v) is 10.2. The molecule has 0 radical (unpaired) electrons. The fourth-order valence-electron chi connectivity index (χ4n) is 7.72. The van der Waals surface area contributed by atoms with Crippen LogP contribution in [0.15, 0.2) is 12.2 Å². The van der Waals surface area contributed by atoms with Crippen LogP contribution in [0.1, 0.15) is 83.5 Å². The molecule has 146 valence electrons. The van der Waals surface area contributed by atoms with E-state index in [0.29, 0.717) is 6.04 Å². The smallest absolute Gasteiger partial charge is 0.0150 e. The second-order valence-corrected chi connectivity index (χ2v) is 11.6. The van der Waals surface area contributed by atoms with E-state index in [2.05, 4.69) is 23.9 Å². The predicted octanol–water partition coefficient (Wildman–Crippen LogP) is 6.18. The summed E-state index contributed by atoms with van der Waals surface area (Å²) in [6, 6.07) is 0.490. The Morgan fingerprint density at radius 3 is 2.12 bits per heavy atom. The Morgan fingerprint density at radius 2 is 1.38 bits per heavy atom. The molecule has 0 amide bonds. The molecular formula is C24H39NS. The molecule has 26 heavy (non-hydrogen) atoms. The molecule has 1 nitrogen and oxygen atoms in total. The van der Waals surface area contributed by atoms with Gasteiger partial charge in [0, 0.05) is 16.5 Å². The lowest BCUT2D eigenvalue weighted by atomic mass is 9.63. The van der Waals surface area contributed by atoms with Crippen molar-refractivity contribution in [1.29, 1.82) is 0 Å². The van der Waals surface area contributed by atoms with E-state index in [1.165, 1.54) is 83.5 Å². The molecule has 1 heterocycles. The van der Waals surface area contributed by atoms with Gasteiger partial charge in [0.1, 0.15) is 0 Å². The molecule has 7 atom stereocenters. The summed E-state index contributed by atoms with van der Waals surface area (Å²) in [6.07, 6.45) is 24.2. The molecule has 4 aliphatic carbocycles. The van der Waals surface area contributed by atoms with E-state index in [0.717, 1.165) is 46.0 Å². The molecular weight excluding hydrogens is 334 g/mol. The average molecular weight is 374 g/mol. The molecule has 0 bridgehead atoms. The van der Waals surface area contributed by atoms with Crippen molar-refractivity contribution in [1.82, 2.24) is 0 Å². The van der Waals surface area contributed by atoms with Gasteiger partial charge in [-0.25, -0.2) is 0 Å². The third-order valence-corrected chi connectivity index (χ3v) is 10.9. The molecule has 2 N–H and O–H groups in total. The van der Waals surface area contributed by atoms with Crippen molar-refractivity contribution in [3.8, 4) is 0 Å². The highest BCUT2D eigenvalue weighted by Gasteiger charge is 2.54. The molecule has 3 saturated carbocycles. The Bertz CT molecular complexity index is 504. The summed E-state index contributed by atoms with van der Waals surface area (Å²) in [6.45, 7) is 0. The molecule has 1 saturated heterocycles. The maximum atomic E-state index is 6.80. The van der Waals surface area contributed by atoms with Crippen molar-refractivity contribution in [2.45, 2.75) is 100 Å². The number of nitrogens with two attached hydrogens (primary N) is 1. The van der Waals surface area contributed by atoms with Crippen LogP contribution in [0.5, 0.6) is 0 Å². The first-order chi connectivity index (χ1) is 12.8. The van der Waals surface area contributed by atoms with Gasteiger partial charge < -0.3 is 5.73 Å². The van der Waals surface area contributed by atoms with Crippen molar-refractivity contribution in [2.24, 2.45) is 41.2 Å². The van der Waals surface area contributed by atoms with Gasteiger partial charge in [0.2, 0.25) is 0 Å². The van der Waals surface area contributed by atoms with Gasteiger partial charge in [-0.2, -0.15) is 11.8 Å². The molecule has 4 fully saturated rings. The summed E-state index contributed by atoms with van der Waals surface area (Å²) in [5.41, 5.74) is 6.80. The highest BCUT2D eigenvalue weighted by molar-refractivity contribution is 8.00. The van der Waals surface area contributed by atoms with Crippen molar-refractivity contribution in [2.75, 3.05) is 0 Å². The lowest BCUT2D eigenvalue weighted by molar-refractivity contribution is 0.126. The van der Waals surface area contributed by atoms with Gasteiger partial charge in [-0.1, -0.05) is 76.4 Å². The van der Waals surface area contributed by atoms with E-state index in [9.17, 15) is 0 Å². The van der Waals surface area contributed by atoms with Gasteiger partial charge in [0.05, 0.1) is 0 Å². The summed E-state index contributed by atoms with van der Waals surface area (Å²) in [5, 5.41) is 1.81. The van der Waals surface area contributed by atoms with Gasteiger partial charge >= 0.3 is 0 Å². The first-order valence-corrected chi connectivity index (χ1v) is 12.8. The Labute approximate surface area is 165 Å². The van der Waals surface area contributed by atoms with Crippen LogP contribution in [-0.4, -0.2) is 16.5 Å². The molecule has 0 aromatic carbocycles. The largest absolute Gasteiger partial charge is 0.327 e. The zero-order valence-electron chi connectivity index (χ0n) is 16.5. The van der Waals surface area contributed by atoms with Crippen molar-refractivity contribution >= 4 is 11.8 Å². The quantitative estimate of drug-likeness (QED) is 0.585. The molecule has 2 heteroatoms. The van der Waals surface area contributed by atoms with Crippen LogP contribution in [0.25, 0.3) is 0 Å². The van der Waals surface area contributed by atoms with Crippen LogP contribution in [0.3, 0.4) is 0 Å². The highest BCUT2D eigenvalue weighted by atomic mass is 32.2. The van der Waals surface area contributed by atoms with Crippen molar-refractivity contribution < 1.29 is 0 Å². The Balaban J connectivity index is 1.37. The minimum atomic E-state index is 0.490. The van der Waals surface area contributed by atoms with E-state index < -0.39 is 0 Å². The van der Waals surface area contributed by atoms with Gasteiger partial charge in [0.25, 0.3) is 0 Å². The maximum absolute atomic E-state index is 6.80. The number of hydrogen-bond donors (Lipinski definition) is 1. The molecule has 5 rings (SSSR count). The first kappa shape index (κ1) is 18.1. The SMILES string of the molecule is NC1CCC2C3C=CCC(C4CCCCC4)C3SC2C1C1CCCCC1. The number of fused-ring (bicyclic) bond motifs is 3. The Kier molecular flexibility index (Phi) is 5.44. The normalized spacial score (nSPS) is 47.5. The van der Waals surface area contributed by atoms with Crippen molar-refractivity contribution in [3.63, 3.8) is 0 Å².